The third-order valence-electron chi connectivity index (χ3n) is 3.62. The van der Waals surface area contributed by atoms with Crippen molar-refractivity contribution >= 4 is 11.6 Å². The van der Waals surface area contributed by atoms with Crippen LogP contribution >= 0.6 is 11.6 Å². The first-order chi connectivity index (χ1) is 8.52. The number of rotatable bonds is 0. The van der Waals surface area contributed by atoms with E-state index in [0.29, 0.717) is 17.0 Å². The minimum atomic E-state index is -4.63. The Balaban J connectivity index is 2.52. The molecule has 0 aromatic heterocycles. The molecule has 0 radical (unpaired) electrons. The Morgan fingerprint density at radius 3 is 2.37 bits per heavy atom. The molecule has 1 nitrogen and oxygen atoms in total. The molecule has 5 heteroatoms. The molecule has 0 bridgehead atoms. The maximum absolute atomic E-state index is 13.1. The van der Waals surface area contributed by atoms with Crippen LogP contribution in [0.1, 0.15) is 31.4 Å². The summed E-state index contributed by atoms with van der Waals surface area (Å²) in [5, 5.41) is 10.6. The molecule has 0 amide bonds. The predicted octanol–water partition coefficient (Wildman–Crippen LogP) is 4.15. The highest BCUT2D eigenvalue weighted by Gasteiger charge is 2.56. The van der Waals surface area contributed by atoms with E-state index in [-0.39, 0.29) is 6.42 Å². The summed E-state index contributed by atoms with van der Waals surface area (Å²) in [5.74, 6) is 0. The highest BCUT2D eigenvalue weighted by Crippen LogP contribution is 2.46. The van der Waals surface area contributed by atoms with Gasteiger partial charge in [0.1, 0.15) is 0 Å². The summed E-state index contributed by atoms with van der Waals surface area (Å²) in [7, 11) is 0. The van der Waals surface area contributed by atoms with Gasteiger partial charge in [0.15, 0.2) is 5.60 Å². The van der Waals surface area contributed by atoms with E-state index < -0.39 is 23.6 Å². The van der Waals surface area contributed by atoms with Crippen LogP contribution in [0.2, 0.25) is 5.02 Å². The normalized spacial score (nSPS) is 26.7. The Kier molecular flexibility index (Phi) is 3.38. The molecule has 1 aromatic carbocycles. The van der Waals surface area contributed by atoms with Gasteiger partial charge in [0, 0.05) is 11.4 Å². The van der Waals surface area contributed by atoms with E-state index in [1.807, 2.05) is 0 Å². The average Bonchev–Trinajstić information content (AvgIpc) is 2.28. The van der Waals surface area contributed by atoms with Crippen LogP contribution in [0, 0.1) is 5.41 Å². The Bertz CT molecular complexity index is 496. The molecule has 1 unspecified atom stereocenters. The fourth-order valence-corrected chi connectivity index (χ4v) is 3.07. The van der Waals surface area contributed by atoms with Gasteiger partial charge in [0.2, 0.25) is 0 Å². The fraction of sp³-hybridized carbons (Fsp3) is 0.571. The summed E-state index contributed by atoms with van der Waals surface area (Å²) in [6.07, 6.45) is -4.88. The molecule has 0 spiro atoms. The quantitative estimate of drug-likeness (QED) is 0.712. The summed E-state index contributed by atoms with van der Waals surface area (Å²) >= 11 is 5.90. The second kappa shape index (κ2) is 4.38. The highest BCUT2D eigenvalue weighted by atomic mass is 35.5. The summed E-state index contributed by atoms with van der Waals surface area (Å²) in [4.78, 5) is 0. The number of hydrogen-bond acceptors (Lipinski definition) is 1. The molecule has 1 aromatic rings. The maximum Gasteiger partial charge on any atom is 0.417 e. The first-order valence-corrected chi connectivity index (χ1v) is 6.47. The molecule has 0 saturated carbocycles. The number of aliphatic hydroxyl groups is 1. The smallest absolute Gasteiger partial charge is 0.380 e. The largest absolute Gasteiger partial charge is 0.417 e. The van der Waals surface area contributed by atoms with E-state index in [4.69, 9.17) is 11.6 Å². The molecule has 1 aliphatic rings. The summed E-state index contributed by atoms with van der Waals surface area (Å²) in [5.41, 5.74) is -2.00. The number of fused-ring (bicyclic) bond motifs is 1. The van der Waals surface area contributed by atoms with Crippen LogP contribution in [0.15, 0.2) is 18.2 Å². The predicted molar refractivity (Wildman–Crippen MR) is 68.3 cm³/mol. The third-order valence-corrected chi connectivity index (χ3v) is 3.85. The van der Waals surface area contributed by atoms with Gasteiger partial charge in [-0.15, -0.1) is 0 Å². The molecule has 2 rings (SSSR count). The van der Waals surface area contributed by atoms with Gasteiger partial charge in [-0.3, -0.25) is 0 Å². The molecule has 1 N–H and O–H groups in total. The Morgan fingerprint density at radius 2 is 1.79 bits per heavy atom. The van der Waals surface area contributed by atoms with Gasteiger partial charge >= 0.3 is 6.18 Å². The monoisotopic (exact) mass is 292 g/mol. The third kappa shape index (κ3) is 2.90. The summed E-state index contributed by atoms with van der Waals surface area (Å²) in [6.45, 7) is 3.47. The zero-order valence-electron chi connectivity index (χ0n) is 10.8. The Hall–Kier alpha value is -0.740. The molecule has 1 aliphatic carbocycles. The standard InChI is InChI=1S/C14H16ClF3O/c1-12(2)6-10-5-11(15)4-3-9(10)7-13(19,8-12)14(16,17)18/h3-5,19H,6-8H2,1-2H3. The molecular weight excluding hydrogens is 277 g/mol. The zero-order chi connectivity index (χ0) is 14.5. The Morgan fingerprint density at radius 1 is 1.16 bits per heavy atom. The first-order valence-electron chi connectivity index (χ1n) is 6.09. The highest BCUT2D eigenvalue weighted by molar-refractivity contribution is 6.30. The molecule has 0 fully saturated rings. The lowest BCUT2D eigenvalue weighted by molar-refractivity contribution is -0.268. The van der Waals surface area contributed by atoms with Crippen molar-refractivity contribution in [3.8, 4) is 0 Å². The first kappa shape index (κ1) is 14.7. The lowest BCUT2D eigenvalue weighted by Gasteiger charge is -2.35. The van der Waals surface area contributed by atoms with E-state index in [0.717, 1.165) is 5.56 Å². The van der Waals surface area contributed by atoms with Gasteiger partial charge in [-0.2, -0.15) is 13.2 Å². The molecule has 0 heterocycles. The van der Waals surface area contributed by atoms with Gasteiger partial charge in [-0.05, 0) is 41.5 Å². The molecule has 19 heavy (non-hydrogen) atoms. The average molecular weight is 293 g/mol. The van der Waals surface area contributed by atoms with Crippen LogP contribution in [0.4, 0.5) is 13.2 Å². The van der Waals surface area contributed by atoms with Crippen molar-refractivity contribution in [2.45, 2.75) is 44.9 Å². The van der Waals surface area contributed by atoms with Crippen molar-refractivity contribution in [2.75, 3.05) is 0 Å². The van der Waals surface area contributed by atoms with E-state index in [9.17, 15) is 18.3 Å². The molecule has 0 saturated heterocycles. The van der Waals surface area contributed by atoms with E-state index in [1.54, 1.807) is 32.0 Å². The second-order valence-corrected chi connectivity index (χ2v) is 6.57. The van der Waals surface area contributed by atoms with E-state index in [1.165, 1.54) is 0 Å². The SMILES string of the molecule is CC1(C)Cc2cc(Cl)ccc2CC(O)(C(F)(F)F)C1. The molecule has 1 atom stereocenters. The van der Waals surface area contributed by atoms with Gasteiger partial charge in [0.25, 0.3) is 0 Å². The molecule has 0 aliphatic heterocycles. The van der Waals surface area contributed by atoms with Crippen LogP contribution in [0.5, 0.6) is 0 Å². The fourth-order valence-electron chi connectivity index (χ4n) is 2.88. The van der Waals surface area contributed by atoms with Crippen molar-refractivity contribution in [1.29, 1.82) is 0 Å². The number of halogens is 4. The maximum atomic E-state index is 13.1. The van der Waals surface area contributed by atoms with Crippen LogP contribution in [0.25, 0.3) is 0 Å². The molecule has 106 valence electrons. The van der Waals surface area contributed by atoms with Crippen LogP contribution in [0.3, 0.4) is 0 Å². The van der Waals surface area contributed by atoms with Gasteiger partial charge in [-0.1, -0.05) is 31.5 Å². The van der Waals surface area contributed by atoms with E-state index >= 15 is 0 Å². The van der Waals surface area contributed by atoms with Crippen molar-refractivity contribution in [1.82, 2.24) is 0 Å². The van der Waals surface area contributed by atoms with Gasteiger partial charge < -0.3 is 5.11 Å². The van der Waals surface area contributed by atoms with Crippen molar-refractivity contribution in [3.05, 3.63) is 34.3 Å². The topological polar surface area (TPSA) is 20.2 Å². The van der Waals surface area contributed by atoms with Crippen LogP contribution in [-0.2, 0) is 12.8 Å². The number of benzene rings is 1. The lowest BCUT2D eigenvalue weighted by atomic mass is 9.78. The van der Waals surface area contributed by atoms with Crippen molar-refractivity contribution < 1.29 is 18.3 Å². The van der Waals surface area contributed by atoms with Crippen molar-refractivity contribution in [2.24, 2.45) is 5.41 Å². The van der Waals surface area contributed by atoms with Crippen LogP contribution in [-0.4, -0.2) is 16.9 Å². The van der Waals surface area contributed by atoms with Gasteiger partial charge in [-0.25, -0.2) is 0 Å². The van der Waals surface area contributed by atoms with Gasteiger partial charge in [0.05, 0.1) is 0 Å². The second-order valence-electron chi connectivity index (χ2n) is 6.14. The van der Waals surface area contributed by atoms with Crippen molar-refractivity contribution in [3.63, 3.8) is 0 Å². The summed E-state index contributed by atoms with van der Waals surface area (Å²) in [6, 6.07) is 4.84. The number of alkyl halides is 3. The molecular formula is C14H16ClF3O. The Labute approximate surface area is 115 Å². The van der Waals surface area contributed by atoms with Crippen LogP contribution < -0.4 is 0 Å². The zero-order valence-corrected chi connectivity index (χ0v) is 11.6. The minimum absolute atomic E-state index is 0.310. The van der Waals surface area contributed by atoms with E-state index in [2.05, 4.69) is 0 Å². The lowest BCUT2D eigenvalue weighted by Crippen LogP contribution is -2.49. The number of hydrogen-bond donors (Lipinski definition) is 1. The minimum Gasteiger partial charge on any atom is -0.380 e. The summed E-state index contributed by atoms with van der Waals surface area (Å²) < 4.78 is 39.4.